The van der Waals surface area contributed by atoms with Crippen molar-refractivity contribution in [3.05, 3.63) is 53.3 Å². The molecular formula is C34H43F2N3O5S. The van der Waals surface area contributed by atoms with Crippen LogP contribution in [0.4, 0.5) is 8.78 Å². The van der Waals surface area contributed by atoms with Gasteiger partial charge in [0, 0.05) is 36.5 Å². The molecule has 2 aromatic carbocycles. The fourth-order valence-electron chi connectivity index (χ4n) is 7.16. The second-order valence-electron chi connectivity index (χ2n) is 13.8. The largest absolute Gasteiger partial charge is 0.490 e. The number of amides is 2. The SMILES string of the molecule is CC(C)S(=O)(=O)NC(=O)Cc1ccc(O[C@@H]2CC[C@@H](NC(=O)[C@@]3(F)CNC4(CCC4)C3)C2)c(-c2cccc(F)c2C2CCC2)c1. The van der Waals surface area contributed by atoms with E-state index < -0.39 is 32.8 Å². The molecule has 6 rings (SSSR count). The lowest BCUT2D eigenvalue weighted by Crippen LogP contribution is -2.49. The zero-order valence-corrected chi connectivity index (χ0v) is 26.8. The summed E-state index contributed by atoms with van der Waals surface area (Å²) in [5.74, 6) is -0.894. The fourth-order valence-corrected chi connectivity index (χ4v) is 7.79. The van der Waals surface area contributed by atoms with Crippen LogP contribution < -0.4 is 20.1 Å². The van der Waals surface area contributed by atoms with E-state index in [-0.39, 0.29) is 48.8 Å². The van der Waals surface area contributed by atoms with Crippen LogP contribution in [-0.2, 0) is 26.0 Å². The monoisotopic (exact) mass is 643 g/mol. The first-order valence-electron chi connectivity index (χ1n) is 16.2. The average Bonchev–Trinajstić information content (AvgIpc) is 3.54. The zero-order chi connectivity index (χ0) is 32.0. The quantitative estimate of drug-likeness (QED) is 0.328. The Labute approximate surface area is 264 Å². The summed E-state index contributed by atoms with van der Waals surface area (Å²) < 4.78 is 64.0. The van der Waals surface area contributed by atoms with Gasteiger partial charge in [-0.1, -0.05) is 24.6 Å². The number of hydrogen-bond donors (Lipinski definition) is 3. The maximum atomic E-state index is 15.6. The summed E-state index contributed by atoms with van der Waals surface area (Å²) in [5, 5.41) is 5.43. The van der Waals surface area contributed by atoms with Crippen LogP contribution in [0.2, 0.25) is 0 Å². The van der Waals surface area contributed by atoms with Crippen LogP contribution in [0.5, 0.6) is 5.75 Å². The Hall–Kier alpha value is -3.05. The molecule has 11 heteroatoms. The van der Waals surface area contributed by atoms with Crippen molar-refractivity contribution in [2.45, 2.75) is 119 Å². The van der Waals surface area contributed by atoms with E-state index in [9.17, 15) is 18.0 Å². The van der Waals surface area contributed by atoms with Gasteiger partial charge in [0.1, 0.15) is 17.7 Å². The summed E-state index contributed by atoms with van der Waals surface area (Å²) in [5.41, 5.74) is 0.375. The van der Waals surface area contributed by atoms with E-state index in [1.165, 1.54) is 19.9 Å². The number of nitrogens with one attached hydrogen (secondary N) is 3. The minimum atomic E-state index is -3.78. The van der Waals surface area contributed by atoms with E-state index in [2.05, 4.69) is 15.4 Å². The Morgan fingerprint density at radius 3 is 2.49 bits per heavy atom. The highest BCUT2D eigenvalue weighted by Crippen LogP contribution is 2.46. The van der Waals surface area contributed by atoms with Gasteiger partial charge in [-0.05, 0) is 99.6 Å². The first-order chi connectivity index (χ1) is 21.4. The molecule has 3 saturated carbocycles. The summed E-state index contributed by atoms with van der Waals surface area (Å²) in [6.45, 7) is 3.03. The number of hydrogen-bond acceptors (Lipinski definition) is 6. The van der Waals surface area contributed by atoms with E-state index in [0.717, 1.165) is 38.5 Å². The summed E-state index contributed by atoms with van der Waals surface area (Å²) >= 11 is 0. The molecule has 0 bridgehead atoms. The van der Waals surface area contributed by atoms with Crippen molar-refractivity contribution in [1.82, 2.24) is 15.4 Å². The molecule has 1 heterocycles. The molecule has 244 valence electrons. The molecule has 1 aliphatic heterocycles. The number of carbonyl (C=O) groups is 2. The van der Waals surface area contributed by atoms with Gasteiger partial charge < -0.3 is 15.4 Å². The van der Waals surface area contributed by atoms with Crippen molar-refractivity contribution >= 4 is 21.8 Å². The van der Waals surface area contributed by atoms with Gasteiger partial charge in [0.05, 0.1) is 11.7 Å². The third-order valence-electron chi connectivity index (χ3n) is 10.2. The van der Waals surface area contributed by atoms with Gasteiger partial charge in [0.15, 0.2) is 0 Å². The molecular weight excluding hydrogens is 600 g/mol. The van der Waals surface area contributed by atoms with Gasteiger partial charge in [-0.2, -0.15) is 0 Å². The summed E-state index contributed by atoms with van der Waals surface area (Å²) in [6, 6.07) is 9.99. The lowest BCUT2D eigenvalue weighted by molar-refractivity contribution is -0.133. The number of ether oxygens (including phenoxy) is 1. The molecule has 2 amide bonds. The van der Waals surface area contributed by atoms with Gasteiger partial charge in [-0.25, -0.2) is 17.2 Å². The number of sulfonamides is 1. The number of alkyl halides is 1. The van der Waals surface area contributed by atoms with Crippen LogP contribution in [0.15, 0.2) is 36.4 Å². The van der Waals surface area contributed by atoms with Crippen molar-refractivity contribution in [2.75, 3.05) is 6.54 Å². The van der Waals surface area contributed by atoms with Gasteiger partial charge in [0.25, 0.3) is 5.91 Å². The third kappa shape index (κ3) is 6.61. The lowest BCUT2D eigenvalue weighted by Gasteiger charge is -2.38. The van der Waals surface area contributed by atoms with Crippen LogP contribution in [0, 0.1) is 5.82 Å². The summed E-state index contributed by atoms with van der Waals surface area (Å²) in [6.07, 6.45) is 7.26. The maximum absolute atomic E-state index is 15.6. The zero-order valence-electron chi connectivity index (χ0n) is 26.0. The first-order valence-corrected chi connectivity index (χ1v) is 17.8. The Bertz CT molecular complexity index is 1570. The molecule has 0 aromatic heterocycles. The van der Waals surface area contributed by atoms with Crippen LogP contribution >= 0.6 is 0 Å². The molecule has 2 aromatic rings. The van der Waals surface area contributed by atoms with Gasteiger partial charge >= 0.3 is 0 Å². The number of carbonyl (C=O) groups excluding carboxylic acids is 2. The Morgan fingerprint density at radius 2 is 1.84 bits per heavy atom. The van der Waals surface area contributed by atoms with Crippen LogP contribution in [0.25, 0.3) is 11.1 Å². The van der Waals surface area contributed by atoms with Gasteiger partial charge in [-0.3, -0.25) is 14.3 Å². The van der Waals surface area contributed by atoms with Crippen LogP contribution in [0.1, 0.15) is 95.1 Å². The molecule has 4 aliphatic rings. The second kappa shape index (κ2) is 12.3. The second-order valence-corrected chi connectivity index (χ2v) is 16.0. The third-order valence-corrected chi connectivity index (χ3v) is 12.0. The molecule has 3 aliphatic carbocycles. The number of benzene rings is 2. The van der Waals surface area contributed by atoms with E-state index in [4.69, 9.17) is 4.74 Å². The molecule has 3 N–H and O–H groups in total. The molecule has 0 unspecified atom stereocenters. The molecule has 45 heavy (non-hydrogen) atoms. The molecule has 3 atom stereocenters. The minimum absolute atomic E-state index is 0.0412. The number of rotatable bonds is 10. The molecule has 0 radical (unpaired) electrons. The van der Waals surface area contributed by atoms with E-state index in [1.54, 1.807) is 24.3 Å². The van der Waals surface area contributed by atoms with Crippen molar-refractivity contribution in [3.63, 3.8) is 0 Å². The maximum Gasteiger partial charge on any atom is 0.259 e. The predicted molar refractivity (Wildman–Crippen MR) is 168 cm³/mol. The minimum Gasteiger partial charge on any atom is -0.490 e. The van der Waals surface area contributed by atoms with E-state index in [0.29, 0.717) is 47.3 Å². The van der Waals surface area contributed by atoms with Gasteiger partial charge in [0.2, 0.25) is 21.6 Å². The summed E-state index contributed by atoms with van der Waals surface area (Å²) in [7, 11) is -3.78. The van der Waals surface area contributed by atoms with Crippen molar-refractivity contribution in [1.29, 1.82) is 0 Å². The standard InChI is InChI=1S/C34H43F2N3O5S/c1-21(2)45(42,43)39-30(40)17-22-10-13-29(27(16-22)26-8-4-9-28(35)31(26)23-6-3-7-23)44-25-12-11-24(18-25)38-32(41)34(36)19-33(37-20-34)14-5-15-33/h4,8-10,13,16,21,23-25,37H,3,5-7,11-12,14-15,17-20H2,1-2H3,(H,38,41)(H,39,40)/t24-,25-,34+/m1/s1. The van der Waals surface area contributed by atoms with E-state index >= 15 is 8.78 Å². The fraction of sp³-hybridized carbons (Fsp3) is 0.588. The van der Waals surface area contributed by atoms with E-state index in [1.807, 2.05) is 6.07 Å². The Kier molecular flexibility index (Phi) is 8.71. The van der Waals surface area contributed by atoms with Crippen molar-refractivity contribution in [2.24, 2.45) is 0 Å². The highest BCUT2D eigenvalue weighted by molar-refractivity contribution is 7.90. The topological polar surface area (TPSA) is 114 Å². The Morgan fingerprint density at radius 1 is 1.07 bits per heavy atom. The average molecular weight is 644 g/mol. The number of halogens is 2. The van der Waals surface area contributed by atoms with Crippen LogP contribution in [0.3, 0.4) is 0 Å². The Balaban J connectivity index is 1.20. The highest BCUT2D eigenvalue weighted by atomic mass is 32.2. The van der Waals surface area contributed by atoms with Crippen molar-refractivity contribution in [3.8, 4) is 16.9 Å². The molecule has 8 nitrogen and oxygen atoms in total. The van der Waals surface area contributed by atoms with Crippen LogP contribution in [-0.4, -0.2) is 55.4 Å². The molecule has 4 fully saturated rings. The predicted octanol–water partition coefficient (Wildman–Crippen LogP) is 5.20. The summed E-state index contributed by atoms with van der Waals surface area (Å²) in [4.78, 5) is 25.7. The smallest absolute Gasteiger partial charge is 0.259 e. The van der Waals surface area contributed by atoms with Gasteiger partial charge in [-0.15, -0.1) is 0 Å². The molecule has 1 spiro atoms. The molecule has 1 saturated heterocycles. The normalized spacial score (nSPS) is 26.0. The first kappa shape index (κ1) is 31.9. The lowest BCUT2D eigenvalue weighted by atomic mass is 9.74. The highest BCUT2D eigenvalue weighted by Gasteiger charge is 2.55. The van der Waals surface area contributed by atoms with Crippen molar-refractivity contribution < 1.29 is 31.5 Å².